The largest absolute Gasteiger partial charge is 0.507 e. The van der Waals surface area contributed by atoms with Gasteiger partial charge in [-0.25, -0.2) is 4.79 Å². The number of phenolic OH excluding ortho intramolecular Hbond substituents is 1. The molecule has 8 nitrogen and oxygen atoms in total. The normalized spacial score (nSPS) is 20.2. The lowest BCUT2D eigenvalue weighted by molar-refractivity contribution is -0.142. The number of carbonyl (C=O) groups is 2. The van der Waals surface area contributed by atoms with Crippen LogP contribution in [0.1, 0.15) is 17.5 Å². The summed E-state index contributed by atoms with van der Waals surface area (Å²) in [6, 6.07) is 17.4. The van der Waals surface area contributed by atoms with Crippen LogP contribution in [0.5, 0.6) is 5.75 Å². The van der Waals surface area contributed by atoms with Gasteiger partial charge in [-0.1, -0.05) is 48.6 Å². The molecule has 1 aliphatic heterocycles. The number of pyridine rings is 1. The van der Waals surface area contributed by atoms with Crippen molar-refractivity contribution in [1.29, 1.82) is 0 Å². The molecule has 1 unspecified atom stereocenters. The second-order valence-electron chi connectivity index (χ2n) is 7.96. The van der Waals surface area contributed by atoms with Crippen LogP contribution in [0.25, 0.3) is 5.57 Å². The van der Waals surface area contributed by atoms with Crippen molar-refractivity contribution in [2.24, 2.45) is 5.10 Å². The minimum Gasteiger partial charge on any atom is -0.507 e. The summed E-state index contributed by atoms with van der Waals surface area (Å²) in [6.45, 7) is 0. The number of nitrogens with zero attached hydrogens (tertiary/aromatic N) is 3. The Labute approximate surface area is 195 Å². The molecule has 34 heavy (non-hydrogen) atoms. The van der Waals surface area contributed by atoms with Gasteiger partial charge in [-0.3, -0.25) is 20.1 Å². The molecule has 0 fully saturated rings. The van der Waals surface area contributed by atoms with Crippen molar-refractivity contribution in [2.45, 2.75) is 12.0 Å². The molecular formula is C26H20N4O4. The van der Waals surface area contributed by atoms with Crippen LogP contribution in [0.2, 0.25) is 0 Å². The number of benzene rings is 2. The number of carboxylic acid groups (broad SMARTS) is 1. The Bertz CT molecular complexity index is 1380. The third kappa shape index (κ3) is 3.51. The number of nitrogens with one attached hydrogen (secondary N) is 1. The van der Waals surface area contributed by atoms with E-state index in [1.807, 2.05) is 6.07 Å². The summed E-state index contributed by atoms with van der Waals surface area (Å²) in [6.07, 6.45) is 8.08. The van der Waals surface area contributed by atoms with E-state index in [1.165, 1.54) is 11.0 Å². The van der Waals surface area contributed by atoms with Crippen LogP contribution in [0.3, 0.4) is 0 Å². The van der Waals surface area contributed by atoms with Crippen LogP contribution >= 0.6 is 0 Å². The minimum atomic E-state index is -1.60. The number of aliphatic carboxylic acids is 1. The highest BCUT2D eigenvalue weighted by Crippen LogP contribution is 2.37. The van der Waals surface area contributed by atoms with Gasteiger partial charge in [0.05, 0.1) is 17.6 Å². The SMILES string of the molecule is O=C1C(=NNC2(C(=O)O)C=CC=C(c3ccccc3O)C2)c2ccccc2N1c1cccnc1. The van der Waals surface area contributed by atoms with E-state index in [-0.39, 0.29) is 17.9 Å². The first-order chi connectivity index (χ1) is 16.5. The predicted octanol–water partition coefficient (Wildman–Crippen LogP) is 3.63. The fraction of sp³-hybridized carbons (Fsp3) is 0.0769. The maximum Gasteiger partial charge on any atom is 0.335 e. The van der Waals surface area contributed by atoms with Crippen molar-refractivity contribution in [3.8, 4) is 5.75 Å². The van der Waals surface area contributed by atoms with Crippen molar-refractivity contribution in [1.82, 2.24) is 10.4 Å². The number of hydrogen-bond acceptors (Lipinski definition) is 6. The monoisotopic (exact) mass is 452 g/mol. The molecule has 0 spiro atoms. The zero-order valence-electron chi connectivity index (χ0n) is 17.9. The highest BCUT2D eigenvalue weighted by atomic mass is 16.4. The second-order valence-corrected chi connectivity index (χ2v) is 7.96. The summed E-state index contributed by atoms with van der Waals surface area (Å²) in [7, 11) is 0. The lowest BCUT2D eigenvalue weighted by Crippen LogP contribution is -2.49. The number of rotatable bonds is 5. The molecule has 0 saturated heterocycles. The van der Waals surface area contributed by atoms with Crippen LogP contribution in [0.4, 0.5) is 11.4 Å². The molecule has 2 aromatic carbocycles. The summed E-state index contributed by atoms with van der Waals surface area (Å²) in [5.74, 6) is -1.49. The van der Waals surface area contributed by atoms with Gasteiger partial charge in [-0.15, -0.1) is 0 Å². The number of phenols is 1. The molecule has 0 bridgehead atoms. The maximum atomic E-state index is 13.4. The molecule has 2 heterocycles. The van der Waals surface area contributed by atoms with Crippen LogP contribution in [-0.2, 0) is 9.59 Å². The lowest BCUT2D eigenvalue weighted by Gasteiger charge is -2.29. The number of para-hydroxylation sites is 2. The molecule has 5 rings (SSSR count). The zero-order chi connectivity index (χ0) is 23.7. The molecular weight excluding hydrogens is 432 g/mol. The number of amides is 1. The molecule has 1 aromatic heterocycles. The molecule has 0 saturated carbocycles. The van der Waals surface area contributed by atoms with E-state index in [9.17, 15) is 19.8 Å². The highest BCUT2D eigenvalue weighted by molar-refractivity contribution is 6.55. The summed E-state index contributed by atoms with van der Waals surface area (Å²) in [4.78, 5) is 31.3. The van der Waals surface area contributed by atoms with E-state index < -0.39 is 17.4 Å². The van der Waals surface area contributed by atoms with Crippen molar-refractivity contribution in [3.63, 3.8) is 0 Å². The first kappa shape index (κ1) is 21.1. The average molecular weight is 452 g/mol. The molecule has 1 atom stereocenters. The molecule has 3 aromatic rings. The standard InChI is InChI=1S/C26H20N4O4/c31-22-12-4-2-9-19(22)17-7-5-13-26(15-17,25(33)34)29-28-23-20-10-1-3-11-21(20)30(24(23)32)18-8-6-14-27-16-18/h1-14,16,29,31H,15H2,(H,33,34). The summed E-state index contributed by atoms with van der Waals surface area (Å²) < 4.78 is 0. The van der Waals surface area contributed by atoms with E-state index in [0.717, 1.165) is 0 Å². The van der Waals surface area contributed by atoms with Gasteiger partial charge in [0.1, 0.15) is 5.75 Å². The number of fused-ring (bicyclic) bond motifs is 1. The number of hydrazone groups is 1. The topological polar surface area (TPSA) is 115 Å². The number of carboxylic acids is 1. The Morgan fingerprint density at radius 2 is 1.82 bits per heavy atom. The van der Waals surface area contributed by atoms with Gasteiger partial charge in [0.15, 0.2) is 11.3 Å². The number of aromatic hydroxyl groups is 1. The van der Waals surface area contributed by atoms with Gasteiger partial charge < -0.3 is 10.2 Å². The summed E-state index contributed by atoms with van der Waals surface area (Å²) in [5.41, 5.74) is 4.23. The maximum absolute atomic E-state index is 13.4. The number of carbonyl (C=O) groups excluding carboxylic acids is 1. The Kier molecular flexibility index (Phi) is 5.18. The predicted molar refractivity (Wildman–Crippen MR) is 128 cm³/mol. The molecule has 2 aliphatic rings. The quantitative estimate of drug-likeness (QED) is 0.510. The van der Waals surface area contributed by atoms with Crippen LogP contribution in [0, 0.1) is 0 Å². The van der Waals surface area contributed by atoms with E-state index in [0.29, 0.717) is 28.1 Å². The van der Waals surface area contributed by atoms with Crippen molar-refractivity contribution in [2.75, 3.05) is 4.90 Å². The third-order valence-electron chi connectivity index (χ3n) is 5.86. The van der Waals surface area contributed by atoms with Crippen LogP contribution < -0.4 is 10.3 Å². The fourth-order valence-electron chi connectivity index (χ4n) is 4.15. The molecule has 8 heteroatoms. The first-order valence-electron chi connectivity index (χ1n) is 10.6. The third-order valence-corrected chi connectivity index (χ3v) is 5.86. The van der Waals surface area contributed by atoms with Crippen molar-refractivity contribution >= 4 is 34.5 Å². The Morgan fingerprint density at radius 1 is 1.06 bits per heavy atom. The van der Waals surface area contributed by atoms with Crippen LogP contribution in [-0.4, -0.2) is 38.3 Å². The first-order valence-corrected chi connectivity index (χ1v) is 10.6. The van der Waals surface area contributed by atoms with Gasteiger partial charge >= 0.3 is 5.97 Å². The molecule has 1 aliphatic carbocycles. The fourth-order valence-corrected chi connectivity index (χ4v) is 4.15. The summed E-state index contributed by atoms with van der Waals surface area (Å²) in [5, 5.41) is 24.7. The Balaban J connectivity index is 1.50. The molecule has 0 radical (unpaired) electrons. The number of allylic oxidation sites excluding steroid dienone is 2. The number of anilines is 2. The summed E-state index contributed by atoms with van der Waals surface area (Å²) >= 11 is 0. The van der Waals surface area contributed by atoms with Crippen molar-refractivity contribution < 1.29 is 19.8 Å². The Hall–Kier alpha value is -4.72. The van der Waals surface area contributed by atoms with Crippen LogP contribution in [0.15, 0.2) is 96.4 Å². The molecule has 3 N–H and O–H groups in total. The van der Waals surface area contributed by atoms with Crippen molar-refractivity contribution in [3.05, 3.63) is 102 Å². The van der Waals surface area contributed by atoms with E-state index in [1.54, 1.807) is 79.1 Å². The van der Waals surface area contributed by atoms with Gasteiger partial charge in [0.2, 0.25) is 0 Å². The van der Waals surface area contributed by atoms with Gasteiger partial charge in [-0.05, 0) is 35.9 Å². The van der Waals surface area contributed by atoms with E-state index >= 15 is 0 Å². The minimum absolute atomic E-state index is 0.0232. The van der Waals surface area contributed by atoms with E-state index in [4.69, 9.17) is 0 Å². The van der Waals surface area contributed by atoms with Gasteiger partial charge in [-0.2, -0.15) is 5.10 Å². The number of aromatic nitrogens is 1. The molecule has 1 amide bonds. The Morgan fingerprint density at radius 3 is 2.56 bits per heavy atom. The molecule has 168 valence electrons. The lowest BCUT2D eigenvalue weighted by atomic mass is 9.84. The smallest absolute Gasteiger partial charge is 0.335 e. The van der Waals surface area contributed by atoms with Gasteiger partial charge in [0.25, 0.3) is 5.91 Å². The highest BCUT2D eigenvalue weighted by Gasteiger charge is 2.41. The zero-order valence-corrected chi connectivity index (χ0v) is 17.9. The second kappa shape index (κ2) is 8.32. The van der Waals surface area contributed by atoms with Gasteiger partial charge in [0, 0.05) is 23.7 Å². The van der Waals surface area contributed by atoms with E-state index in [2.05, 4.69) is 15.5 Å². The average Bonchev–Trinajstić information content (AvgIpc) is 3.14. The number of hydrogen-bond donors (Lipinski definition) is 3.